The number of amidine groups is 1. The Hall–Kier alpha value is -1.71. The molecule has 0 unspecified atom stereocenters. The molecule has 0 heterocycles. The number of aliphatic imine (C=N–C) groups is 1. The van der Waals surface area contributed by atoms with Crippen LogP contribution in [0.4, 0.5) is 5.69 Å². The number of nitrogens with one attached hydrogen (secondary N) is 1. The van der Waals surface area contributed by atoms with E-state index in [1.54, 1.807) is 29.4 Å². The van der Waals surface area contributed by atoms with E-state index < -0.39 is 0 Å². The summed E-state index contributed by atoms with van der Waals surface area (Å²) in [5.41, 5.74) is 0.987. The van der Waals surface area contributed by atoms with Crippen LogP contribution in [0.15, 0.2) is 23.2 Å². The summed E-state index contributed by atoms with van der Waals surface area (Å²) in [5.74, 6) is -0.0629. The average Bonchev–Trinajstić information content (AvgIpc) is 2.49. The Kier molecular flexibility index (Phi) is 7.06. The van der Waals surface area contributed by atoms with Gasteiger partial charge in [0.15, 0.2) is 11.4 Å². The smallest absolute Gasteiger partial charge is 0.253 e. The fraction of sp³-hybridized carbons (Fsp3) is 0.357. The zero-order valence-corrected chi connectivity index (χ0v) is 13.8. The first-order valence-electron chi connectivity index (χ1n) is 6.43. The predicted molar refractivity (Wildman–Crippen MR) is 88.1 cm³/mol. The van der Waals surface area contributed by atoms with E-state index in [9.17, 15) is 4.79 Å². The molecule has 0 aliphatic rings. The quantitative estimate of drug-likeness (QED) is 0.399. The Labute approximate surface area is 134 Å². The molecule has 0 aromatic heterocycles. The summed E-state index contributed by atoms with van der Waals surface area (Å²) in [6.07, 6.45) is 3.61. The third-order valence-corrected chi connectivity index (χ3v) is 3.72. The van der Waals surface area contributed by atoms with Crippen LogP contribution in [-0.4, -0.2) is 35.3 Å². The maximum Gasteiger partial charge on any atom is 0.253 e. The third kappa shape index (κ3) is 4.66. The minimum Gasteiger partial charge on any atom is -0.339 e. The number of hydrogen-bond acceptors (Lipinski definition) is 4. The van der Waals surface area contributed by atoms with Gasteiger partial charge in [-0.3, -0.25) is 10.1 Å². The minimum atomic E-state index is -0.0629. The molecule has 0 radical (unpaired) electrons. The van der Waals surface area contributed by atoms with Gasteiger partial charge in [0.05, 0.1) is 10.7 Å². The molecule has 5 nitrogen and oxygen atoms in total. The number of thioether (sulfide) groups is 1. The molecule has 21 heavy (non-hydrogen) atoms. The van der Waals surface area contributed by atoms with Gasteiger partial charge < -0.3 is 4.90 Å². The standard InChI is InChI=1S/C14H17ClN4OS/c1-4-19(5-2)13(20)10-6-7-11(15)12(8-10)18-14(21-3)17-9-16/h6-8H,4-5H2,1-3H3,(H,17,18). The number of benzene rings is 1. The minimum absolute atomic E-state index is 0.0629. The summed E-state index contributed by atoms with van der Waals surface area (Å²) in [5, 5.41) is 12.0. The number of carbonyl (C=O) groups is 1. The highest BCUT2D eigenvalue weighted by Crippen LogP contribution is 2.27. The van der Waals surface area contributed by atoms with Crippen molar-refractivity contribution in [3.8, 4) is 6.19 Å². The van der Waals surface area contributed by atoms with Gasteiger partial charge in [0.2, 0.25) is 0 Å². The first kappa shape index (κ1) is 17.3. The summed E-state index contributed by atoms with van der Waals surface area (Å²) in [6, 6.07) is 4.96. The number of nitrogens with zero attached hydrogens (tertiary/aromatic N) is 3. The van der Waals surface area contributed by atoms with Crippen LogP contribution in [0.2, 0.25) is 5.02 Å². The van der Waals surface area contributed by atoms with Crippen LogP contribution in [0.25, 0.3) is 0 Å². The monoisotopic (exact) mass is 324 g/mol. The van der Waals surface area contributed by atoms with Crippen molar-refractivity contribution in [1.82, 2.24) is 10.2 Å². The van der Waals surface area contributed by atoms with E-state index in [-0.39, 0.29) is 5.91 Å². The number of nitriles is 1. The fourth-order valence-electron chi connectivity index (χ4n) is 1.71. The Balaban J connectivity index is 3.16. The van der Waals surface area contributed by atoms with Crippen molar-refractivity contribution >= 4 is 40.1 Å². The van der Waals surface area contributed by atoms with Crippen LogP contribution >= 0.6 is 23.4 Å². The zero-order chi connectivity index (χ0) is 15.8. The van der Waals surface area contributed by atoms with Crippen LogP contribution < -0.4 is 5.32 Å². The van der Waals surface area contributed by atoms with Gasteiger partial charge in [-0.05, 0) is 38.3 Å². The first-order chi connectivity index (χ1) is 10.1. The van der Waals surface area contributed by atoms with Crippen molar-refractivity contribution in [2.45, 2.75) is 13.8 Å². The molecule has 1 aromatic rings. The van der Waals surface area contributed by atoms with Crippen LogP contribution in [0.3, 0.4) is 0 Å². The van der Waals surface area contributed by atoms with Crippen molar-refractivity contribution < 1.29 is 4.79 Å². The second-order valence-corrected chi connectivity index (χ2v) is 5.20. The molecule has 112 valence electrons. The highest BCUT2D eigenvalue weighted by Gasteiger charge is 2.14. The van der Waals surface area contributed by atoms with Crippen LogP contribution in [0.1, 0.15) is 24.2 Å². The van der Waals surface area contributed by atoms with E-state index in [0.29, 0.717) is 34.5 Å². The number of halogens is 1. The van der Waals surface area contributed by atoms with E-state index in [1.807, 2.05) is 20.0 Å². The van der Waals surface area contributed by atoms with Crippen molar-refractivity contribution in [3.63, 3.8) is 0 Å². The van der Waals surface area contributed by atoms with E-state index in [1.165, 1.54) is 11.8 Å². The van der Waals surface area contributed by atoms with Gasteiger partial charge >= 0.3 is 0 Å². The highest BCUT2D eigenvalue weighted by molar-refractivity contribution is 8.13. The Morgan fingerprint density at radius 1 is 1.48 bits per heavy atom. The Morgan fingerprint density at radius 2 is 2.14 bits per heavy atom. The van der Waals surface area contributed by atoms with Gasteiger partial charge in [0.1, 0.15) is 0 Å². The largest absolute Gasteiger partial charge is 0.339 e. The Bertz CT molecular complexity index is 579. The van der Waals surface area contributed by atoms with Gasteiger partial charge in [-0.15, -0.1) is 0 Å². The molecule has 0 saturated carbocycles. The number of amides is 1. The maximum atomic E-state index is 12.3. The van der Waals surface area contributed by atoms with E-state index in [2.05, 4.69) is 10.3 Å². The molecule has 0 atom stereocenters. The van der Waals surface area contributed by atoms with Gasteiger partial charge in [0, 0.05) is 18.7 Å². The lowest BCUT2D eigenvalue weighted by Crippen LogP contribution is -2.30. The zero-order valence-electron chi connectivity index (χ0n) is 12.2. The lowest BCUT2D eigenvalue weighted by Gasteiger charge is -2.18. The lowest BCUT2D eigenvalue weighted by molar-refractivity contribution is 0.0773. The number of carbonyl (C=O) groups excluding carboxylic acids is 1. The summed E-state index contributed by atoms with van der Waals surface area (Å²) >= 11 is 7.39. The summed E-state index contributed by atoms with van der Waals surface area (Å²) in [4.78, 5) is 18.3. The number of rotatable bonds is 4. The summed E-state index contributed by atoms with van der Waals surface area (Å²) in [6.45, 7) is 5.14. The van der Waals surface area contributed by atoms with E-state index in [0.717, 1.165) is 0 Å². The predicted octanol–water partition coefficient (Wildman–Crippen LogP) is 3.24. The SMILES string of the molecule is CCN(CC)C(=O)c1ccc(Cl)c(N=C(NC#N)SC)c1. The van der Waals surface area contributed by atoms with Crippen molar-refractivity contribution in [2.24, 2.45) is 4.99 Å². The molecule has 7 heteroatoms. The molecule has 0 aliphatic carbocycles. The van der Waals surface area contributed by atoms with E-state index in [4.69, 9.17) is 16.9 Å². The molecule has 1 rings (SSSR count). The average molecular weight is 325 g/mol. The van der Waals surface area contributed by atoms with E-state index >= 15 is 0 Å². The van der Waals surface area contributed by atoms with Crippen LogP contribution in [0, 0.1) is 11.5 Å². The molecule has 0 aliphatic heterocycles. The molecule has 1 N–H and O–H groups in total. The number of hydrogen-bond donors (Lipinski definition) is 1. The second kappa shape index (κ2) is 8.55. The van der Waals surface area contributed by atoms with Crippen molar-refractivity contribution in [1.29, 1.82) is 5.26 Å². The van der Waals surface area contributed by atoms with Crippen molar-refractivity contribution in [3.05, 3.63) is 28.8 Å². The topological polar surface area (TPSA) is 68.5 Å². The fourth-order valence-corrected chi connectivity index (χ4v) is 2.20. The molecular weight excluding hydrogens is 308 g/mol. The normalized spacial score (nSPS) is 10.9. The third-order valence-electron chi connectivity index (χ3n) is 2.82. The molecule has 0 spiro atoms. The molecule has 0 fully saturated rings. The maximum absolute atomic E-state index is 12.3. The molecule has 0 bridgehead atoms. The van der Waals surface area contributed by atoms with Crippen molar-refractivity contribution in [2.75, 3.05) is 19.3 Å². The summed E-state index contributed by atoms with van der Waals surface area (Å²) in [7, 11) is 0. The first-order valence-corrected chi connectivity index (χ1v) is 8.04. The second-order valence-electron chi connectivity index (χ2n) is 4.00. The molecule has 0 saturated heterocycles. The Morgan fingerprint density at radius 3 is 2.67 bits per heavy atom. The molecule has 1 aromatic carbocycles. The van der Waals surface area contributed by atoms with Gasteiger partial charge in [-0.2, -0.15) is 5.26 Å². The van der Waals surface area contributed by atoms with Crippen LogP contribution in [0.5, 0.6) is 0 Å². The summed E-state index contributed by atoms with van der Waals surface area (Å²) < 4.78 is 0. The lowest BCUT2D eigenvalue weighted by atomic mass is 10.1. The van der Waals surface area contributed by atoms with Crippen LogP contribution in [-0.2, 0) is 0 Å². The van der Waals surface area contributed by atoms with Gasteiger partial charge in [-0.1, -0.05) is 23.4 Å². The van der Waals surface area contributed by atoms with Gasteiger partial charge in [-0.25, -0.2) is 4.99 Å². The molecular formula is C14H17ClN4OS. The highest BCUT2D eigenvalue weighted by atomic mass is 35.5. The van der Waals surface area contributed by atoms with Gasteiger partial charge in [0.25, 0.3) is 5.91 Å². The molecule has 1 amide bonds.